The molecule has 1 saturated carbocycles. The van der Waals surface area contributed by atoms with Gasteiger partial charge in [0.2, 0.25) is 0 Å². The van der Waals surface area contributed by atoms with Crippen molar-refractivity contribution in [1.82, 2.24) is 20.5 Å². The van der Waals surface area contributed by atoms with Crippen LogP contribution in [-0.2, 0) is 4.79 Å². The van der Waals surface area contributed by atoms with Gasteiger partial charge in [-0.05, 0) is 45.6 Å². The van der Waals surface area contributed by atoms with Gasteiger partial charge in [-0.25, -0.2) is 4.98 Å². The van der Waals surface area contributed by atoms with Gasteiger partial charge < -0.3 is 10.4 Å². The van der Waals surface area contributed by atoms with E-state index in [1.165, 1.54) is 0 Å². The number of carboxylic acid groups (broad SMARTS) is 1. The van der Waals surface area contributed by atoms with Crippen LogP contribution in [0.15, 0.2) is 6.07 Å². The molecule has 3 N–H and O–H groups in total. The Balaban J connectivity index is 1.77. The number of hydrogen-bond acceptors (Lipinski definition) is 4. The van der Waals surface area contributed by atoms with Crippen LogP contribution >= 0.6 is 0 Å². The molecule has 0 unspecified atom stereocenters. The molecule has 0 saturated heterocycles. The molecule has 23 heavy (non-hydrogen) atoms. The van der Waals surface area contributed by atoms with E-state index in [4.69, 9.17) is 5.11 Å². The Labute approximate surface area is 133 Å². The number of rotatable bonds is 3. The fourth-order valence-corrected chi connectivity index (χ4v) is 3.23. The lowest BCUT2D eigenvalue weighted by atomic mass is 9.86. The van der Waals surface area contributed by atoms with E-state index in [0.717, 1.165) is 16.8 Å². The fourth-order valence-electron chi connectivity index (χ4n) is 3.23. The largest absolute Gasteiger partial charge is 0.481 e. The highest BCUT2D eigenvalue weighted by molar-refractivity contribution is 6.06. The van der Waals surface area contributed by atoms with Crippen LogP contribution in [0, 0.1) is 19.8 Å². The zero-order valence-corrected chi connectivity index (χ0v) is 13.2. The average molecular weight is 316 g/mol. The van der Waals surface area contributed by atoms with Crippen molar-refractivity contribution in [2.24, 2.45) is 5.92 Å². The van der Waals surface area contributed by atoms with Crippen LogP contribution in [0.2, 0.25) is 0 Å². The highest BCUT2D eigenvalue weighted by Gasteiger charge is 2.27. The number of aliphatic carboxylic acids is 1. The minimum absolute atomic E-state index is 0.0221. The maximum absolute atomic E-state index is 12.6. The van der Waals surface area contributed by atoms with Gasteiger partial charge in [0.15, 0.2) is 5.65 Å². The molecular weight excluding hydrogens is 296 g/mol. The van der Waals surface area contributed by atoms with Crippen molar-refractivity contribution in [3.05, 3.63) is 23.0 Å². The Morgan fingerprint density at radius 2 is 1.96 bits per heavy atom. The summed E-state index contributed by atoms with van der Waals surface area (Å²) in [5.74, 6) is -1.17. The summed E-state index contributed by atoms with van der Waals surface area (Å²) in [4.78, 5) is 28.0. The lowest BCUT2D eigenvalue weighted by Crippen LogP contribution is -2.38. The molecule has 7 nitrogen and oxygen atoms in total. The molecule has 2 aromatic rings. The lowest BCUT2D eigenvalue weighted by molar-refractivity contribution is -0.142. The second-order valence-corrected chi connectivity index (χ2v) is 6.22. The number of hydrogen-bond donors (Lipinski definition) is 3. The molecule has 2 heterocycles. The summed E-state index contributed by atoms with van der Waals surface area (Å²) in [6, 6.07) is 1.79. The molecule has 1 aliphatic rings. The van der Waals surface area contributed by atoms with E-state index in [1.807, 2.05) is 13.8 Å². The highest BCUT2D eigenvalue weighted by Crippen LogP contribution is 2.25. The summed E-state index contributed by atoms with van der Waals surface area (Å²) in [6.07, 6.45) is 2.60. The molecule has 0 spiro atoms. The van der Waals surface area contributed by atoms with Crippen LogP contribution in [0.25, 0.3) is 11.0 Å². The van der Waals surface area contributed by atoms with Crippen molar-refractivity contribution >= 4 is 22.9 Å². The summed E-state index contributed by atoms with van der Waals surface area (Å²) in [6.45, 7) is 3.69. The number of pyridine rings is 1. The molecule has 0 aliphatic heterocycles. The predicted octanol–water partition coefficient (Wildman–Crippen LogP) is 1.95. The van der Waals surface area contributed by atoms with Crippen molar-refractivity contribution in [2.45, 2.75) is 45.6 Å². The first-order valence-electron chi connectivity index (χ1n) is 7.81. The zero-order chi connectivity index (χ0) is 16.6. The molecule has 0 radical (unpaired) electrons. The van der Waals surface area contributed by atoms with E-state index in [9.17, 15) is 9.59 Å². The van der Waals surface area contributed by atoms with Gasteiger partial charge in [-0.15, -0.1) is 0 Å². The van der Waals surface area contributed by atoms with Crippen LogP contribution in [0.5, 0.6) is 0 Å². The molecule has 2 aromatic heterocycles. The maximum Gasteiger partial charge on any atom is 0.306 e. The van der Waals surface area contributed by atoms with Gasteiger partial charge in [0.25, 0.3) is 5.91 Å². The van der Waals surface area contributed by atoms with Gasteiger partial charge in [-0.1, -0.05) is 0 Å². The summed E-state index contributed by atoms with van der Waals surface area (Å²) in [5.41, 5.74) is 2.66. The average Bonchev–Trinajstić information content (AvgIpc) is 2.88. The molecule has 0 bridgehead atoms. The van der Waals surface area contributed by atoms with Crippen LogP contribution in [0.1, 0.15) is 47.4 Å². The third kappa shape index (κ3) is 3.04. The first-order chi connectivity index (χ1) is 11.0. The predicted molar refractivity (Wildman–Crippen MR) is 84.2 cm³/mol. The summed E-state index contributed by atoms with van der Waals surface area (Å²) >= 11 is 0. The van der Waals surface area contributed by atoms with Crippen molar-refractivity contribution in [3.8, 4) is 0 Å². The maximum atomic E-state index is 12.6. The molecule has 1 fully saturated rings. The second kappa shape index (κ2) is 5.98. The number of aromatic nitrogens is 3. The number of H-pyrrole nitrogens is 1. The number of nitrogens with one attached hydrogen (secondary N) is 2. The number of aryl methyl sites for hydroxylation is 2. The zero-order valence-electron chi connectivity index (χ0n) is 13.2. The van der Waals surface area contributed by atoms with Gasteiger partial charge in [0, 0.05) is 17.4 Å². The monoisotopic (exact) mass is 316 g/mol. The second-order valence-electron chi connectivity index (χ2n) is 6.22. The smallest absolute Gasteiger partial charge is 0.306 e. The number of carbonyl (C=O) groups excluding carboxylic acids is 1. The summed E-state index contributed by atoms with van der Waals surface area (Å²) in [7, 11) is 0. The molecule has 1 amide bonds. The number of fused-ring (bicyclic) bond motifs is 1. The van der Waals surface area contributed by atoms with Crippen molar-refractivity contribution in [3.63, 3.8) is 0 Å². The Kier molecular flexibility index (Phi) is 4.02. The number of carboxylic acids is 1. The number of nitrogens with zero attached hydrogens (tertiary/aromatic N) is 2. The Morgan fingerprint density at radius 3 is 2.61 bits per heavy atom. The van der Waals surface area contributed by atoms with Gasteiger partial charge in [0.05, 0.1) is 16.9 Å². The molecule has 3 rings (SSSR count). The topological polar surface area (TPSA) is 108 Å². The van der Waals surface area contributed by atoms with Gasteiger partial charge in [-0.3, -0.25) is 14.7 Å². The van der Waals surface area contributed by atoms with E-state index < -0.39 is 5.97 Å². The minimum atomic E-state index is -0.740. The van der Waals surface area contributed by atoms with E-state index in [1.54, 1.807) is 6.07 Å². The number of carbonyl (C=O) groups is 2. The number of aromatic amines is 1. The first-order valence-corrected chi connectivity index (χ1v) is 7.81. The number of amides is 1. The van der Waals surface area contributed by atoms with E-state index >= 15 is 0 Å². The van der Waals surface area contributed by atoms with E-state index in [2.05, 4.69) is 20.5 Å². The van der Waals surface area contributed by atoms with Gasteiger partial charge in [0.1, 0.15) is 0 Å². The molecule has 0 aromatic carbocycles. The highest BCUT2D eigenvalue weighted by atomic mass is 16.4. The fraction of sp³-hybridized carbons (Fsp3) is 0.500. The third-order valence-corrected chi connectivity index (χ3v) is 4.49. The van der Waals surface area contributed by atoms with Crippen LogP contribution in [-0.4, -0.2) is 38.2 Å². The lowest BCUT2D eigenvalue weighted by Gasteiger charge is -2.26. The first kappa shape index (κ1) is 15.5. The Bertz CT molecular complexity index is 760. The van der Waals surface area contributed by atoms with E-state index in [-0.39, 0.29) is 17.9 Å². The van der Waals surface area contributed by atoms with E-state index in [0.29, 0.717) is 36.9 Å². The van der Waals surface area contributed by atoms with Crippen molar-refractivity contribution in [1.29, 1.82) is 0 Å². The van der Waals surface area contributed by atoms with Crippen molar-refractivity contribution in [2.75, 3.05) is 0 Å². The van der Waals surface area contributed by atoms with Crippen LogP contribution in [0.3, 0.4) is 0 Å². The molecule has 7 heteroatoms. The van der Waals surface area contributed by atoms with Gasteiger partial charge in [-0.2, -0.15) is 5.10 Å². The minimum Gasteiger partial charge on any atom is -0.481 e. The summed E-state index contributed by atoms with van der Waals surface area (Å²) in [5, 5.41) is 19.8. The third-order valence-electron chi connectivity index (χ3n) is 4.49. The quantitative estimate of drug-likeness (QED) is 0.802. The SMILES string of the molecule is Cc1cc(C(=O)NC2CCC(C(=O)O)CC2)c2c(C)[nH]nc2n1. The normalized spacial score (nSPS) is 21.3. The van der Waals surface area contributed by atoms with Gasteiger partial charge >= 0.3 is 5.97 Å². The van der Waals surface area contributed by atoms with Crippen LogP contribution < -0.4 is 5.32 Å². The van der Waals surface area contributed by atoms with Crippen LogP contribution in [0.4, 0.5) is 0 Å². The molecule has 122 valence electrons. The molecular formula is C16H20N4O3. The standard InChI is InChI=1S/C16H20N4O3/c1-8-7-12(13-9(2)19-20-14(13)17-8)15(21)18-11-5-3-10(4-6-11)16(22)23/h7,10-11H,3-6H2,1-2H3,(H,18,21)(H,22,23)(H,17,19,20). The Hall–Kier alpha value is -2.44. The Morgan fingerprint density at radius 1 is 1.26 bits per heavy atom. The van der Waals surface area contributed by atoms with Crippen molar-refractivity contribution < 1.29 is 14.7 Å². The molecule has 1 aliphatic carbocycles. The molecule has 0 atom stereocenters. The summed E-state index contributed by atoms with van der Waals surface area (Å²) < 4.78 is 0.